The Labute approximate surface area is 132 Å². The van der Waals surface area contributed by atoms with E-state index in [1.54, 1.807) is 6.20 Å². The number of hydrogen-bond donors (Lipinski definition) is 1. The first-order valence-electron chi connectivity index (χ1n) is 7.39. The first-order valence-corrected chi connectivity index (χ1v) is 7.39. The number of aliphatic carboxylic acids is 1. The molecule has 0 unspecified atom stereocenters. The van der Waals surface area contributed by atoms with Crippen LogP contribution >= 0.6 is 0 Å². The minimum atomic E-state index is -0.826. The Morgan fingerprint density at radius 3 is 2.57 bits per heavy atom. The van der Waals surface area contributed by atoms with Crippen LogP contribution in [0.3, 0.4) is 0 Å². The van der Waals surface area contributed by atoms with Gasteiger partial charge in [0, 0.05) is 23.2 Å². The number of carbonyl (C=O) groups is 1. The molecule has 4 aromatic rings. The smallest absolute Gasteiger partial charge is 0.307 e. The molecule has 1 N–H and O–H groups in total. The quantitative estimate of drug-likeness (QED) is 0.626. The molecule has 0 spiro atoms. The van der Waals surface area contributed by atoms with Crippen molar-refractivity contribution in [2.24, 2.45) is 0 Å². The number of benzene rings is 2. The summed E-state index contributed by atoms with van der Waals surface area (Å²) < 4.78 is 2.05. The maximum absolute atomic E-state index is 11.2. The van der Waals surface area contributed by atoms with Gasteiger partial charge < -0.3 is 9.67 Å². The van der Waals surface area contributed by atoms with Crippen molar-refractivity contribution in [2.75, 3.05) is 0 Å². The third-order valence-corrected chi connectivity index (χ3v) is 4.02. The number of carboxylic acids is 1. The van der Waals surface area contributed by atoms with Gasteiger partial charge >= 0.3 is 5.97 Å². The number of aromatic nitrogens is 2. The van der Waals surface area contributed by atoms with Crippen molar-refractivity contribution in [2.45, 2.75) is 6.42 Å². The Balaban J connectivity index is 2.03. The van der Waals surface area contributed by atoms with Gasteiger partial charge in [-0.2, -0.15) is 0 Å². The molecule has 2 aromatic carbocycles. The molecule has 0 radical (unpaired) electrons. The molecule has 112 valence electrons. The summed E-state index contributed by atoms with van der Waals surface area (Å²) in [5.41, 5.74) is 3.74. The molecule has 4 heteroatoms. The molecule has 0 amide bonds. The van der Waals surface area contributed by atoms with Gasteiger partial charge in [0.1, 0.15) is 0 Å². The molecule has 2 heterocycles. The van der Waals surface area contributed by atoms with Crippen LogP contribution in [0.5, 0.6) is 0 Å². The van der Waals surface area contributed by atoms with Crippen LogP contribution in [0.2, 0.25) is 0 Å². The standard InChI is InChI=1S/C19H14N2O2/c22-19(23)11-13-12-21(17-8-4-2-5-14(13)17)18-9-10-20-16-7-3-1-6-15(16)18/h1-10,12H,11H2,(H,22,23). The van der Waals surface area contributed by atoms with E-state index in [1.807, 2.05) is 60.8 Å². The second-order valence-corrected chi connectivity index (χ2v) is 5.46. The Kier molecular flexibility index (Phi) is 3.08. The van der Waals surface area contributed by atoms with Crippen LogP contribution in [0.25, 0.3) is 27.5 Å². The van der Waals surface area contributed by atoms with Gasteiger partial charge in [0.05, 0.1) is 23.1 Å². The lowest BCUT2D eigenvalue weighted by Gasteiger charge is -2.08. The van der Waals surface area contributed by atoms with Crippen LogP contribution in [0.1, 0.15) is 5.56 Å². The average Bonchev–Trinajstić information content (AvgIpc) is 2.92. The number of nitrogens with zero attached hydrogens (tertiary/aromatic N) is 2. The van der Waals surface area contributed by atoms with Crippen molar-refractivity contribution in [1.29, 1.82) is 0 Å². The van der Waals surface area contributed by atoms with Crippen LogP contribution < -0.4 is 0 Å². The Bertz CT molecular complexity index is 1030. The number of carboxylic acid groups (broad SMARTS) is 1. The van der Waals surface area contributed by atoms with E-state index in [1.165, 1.54) is 0 Å². The zero-order valence-electron chi connectivity index (χ0n) is 12.3. The zero-order chi connectivity index (χ0) is 15.8. The summed E-state index contributed by atoms with van der Waals surface area (Å²) in [6, 6.07) is 17.8. The van der Waals surface area contributed by atoms with E-state index in [-0.39, 0.29) is 6.42 Å². The third-order valence-electron chi connectivity index (χ3n) is 4.02. The van der Waals surface area contributed by atoms with E-state index >= 15 is 0 Å². The Hall–Kier alpha value is -3.14. The fourth-order valence-corrected chi connectivity index (χ4v) is 3.04. The van der Waals surface area contributed by atoms with Crippen LogP contribution in [0, 0.1) is 0 Å². The summed E-state index contributed by atoms with van der Waals surface area (Å²) in [5.74, 6) is -0.826. The zero-order valence-corrected chi connectivity index (χ0v) is 12.3. The molecular formula is C19H14N2O2. The molecule has 0 aliphatic carbocycles. The van der Waals surface area contributed by atoms with Crippen molar-refractivity contribution in [1.82, 2.24) is 9.55 Å². The van der Waals surface area contributed by atoms with E-state index in [4.69, 9.17) is 5.11 Å². The maximum Gasteiger partial charge on any atom is 0.307 e. The van der Waals surface area contributed by atoms with Crippen LogP contribution in [0.4, 0.5) is 0 Å². The van der Waals surface area contributed by atoms with E-state index in [2.05, 4.69) is 9.55 Å². The topological polar surface area (TPSA) is 55.1 Å². The average molecular weight is 302 g/mol. The number of para-hydroxylation sites is 2. The first-order chi connectivity index (χ1) is 11.2. The van der Waals surface area contributed by atoms with E-state index in [0.29, 0.717) is 0 Å². The summed E-state index contributed by atoms with van der Waals surface area (Å²) in [5, 5.41) is 11.2. The largest absolute Gasteiger partial charge is 0.481 e. The molecule has 0 aliphatic rings. The molecule has 2 aromatic heterocycles. The van der Waals surface area contributed by atoms with Gasteiger partial charge in [-0.05, 0) is 23.8 Å². The Morgan fingerprint density at radius 1 is 1.00 bits per heavy atom. The van der Waals surface area contributed by atoms with Gasteiger partial charge in [0.15, 0.2) is 0 Å². The molecular weight excluding hydrogens is 288 g/mol. The summed E-state index contributed by atoms with van der Waals surface area (Å²) in [4.78, 5) is 15.5. The minimum Gasteiger partial charge on any atom is -0.481 e. The fourth-order valence-electron chi connectivity index (χ4n) is 3.04. The summed E-state index contributed by atoms with van der Waals surface area (Å²) in [7, 11) is 0. The van der Waals surface area contributed by atoms with Crippen LogP contribution in [-0.4, -0.2) is 20.6 Å². The number of hydrogen-bond acceptors (Lipinski definition) is 2. The maximum atomic E-state index is 11.2. The lowest BCUT2D eigenvalue weighted by molar-refractivity contribution is -0.136. The molecule has 0 aliphatic heterocycles. The molecule has 0 saturated heterocycles. The van der Waals surface area contributed by atoms with Crippen LogP contribution in [-0.2, 0) is 11.2 Å². The SMILES string of the molecule is O=C(O)Cc1cn(-c2ccnc3ccccc23)c2ccccc12. The van der Waals surface area contributed by atoms with Crippen molar-refractivity contribution < 1.29 is 9.90 Å². The van der Waals surface area contributed by atoms with Crippen molar-refractivity contribution >= 4 is 27.8 Å². The van der Waals surface area contributed by atoms with Crippen molar-refractivity contribution in [3.8, 4) is 5.69 Å². The Morgan fingerprint density at radius 2 is 1.74 bits per heavy atom. The van der Waals surface area contributed by atoms with Crippen molar-refractivity contribution in [3.05, 3.63) is 72.6 Å². The predicted octanol–water partition coefficient (Wildman–Crippen LogP) is 3.81. The number of rotatable bonds is 3. The summed E-state index contributed by atoms with van der Waals surface area (Å²) >= 11 is 0. The van der Waals surface area contributed by atoms with E-state index < -0.39 is 5.97 Å². The van der Waals surface area contributed by atoms with Gasteiger partial charge in [-0.15, -0.1) is 0 Å². The molecule has 4 rings (SSSR count). The molecule has 23 heavy (non-hydrogen) atoms. The summed E-state index contributed by atoms with van der Waals surface area (Å²) in [6.45, 7) is 0. The molecule has 4 nitrogen and oxygen atoms in total. The molecule has 0 bridgehead atoms. The first kappa shape index (κ1) is 13.5. The molecule has 0 saturated carbocycles. The van der Waals surface area contributed by atoms with Gasteiger partial charge in [0.25, 0.3) is 0 Å². The third kappa shape index (κ3) is 2.25. The number of fused-ring (bicyclic) bond motifs is 2. The predicted molar refractivity (Wildman–Crippen MR) is 89.9 cm³/mol. The van der Waals surface area contributed by atoms with Gasteiger partial charge in [0.2, 0.25) is 0 Å². The van der Waals surface area contributed by atoms with E-state index in [9.17, 15) is 4.79 Å². The highest BCUT2D eigenvalue weighted by atomic mass is 16.4. The van der Waals surface area contributed by atoms with Crippen molar-refractivity contribution in [3.63, 3.8) is 0 Å². The highest BCUT2D eigenvalue weighted by Crippen LogP contribution is 2.28. The molecule has 0 atom stereocenters. The van der Waals surface area contributed by atoms with Gasteiger partial charge in [-0.1, -0.05) is 36.4 Å². The van der Waals surface area contributed by atoms with Gasteiger partial charge in [-0.3, -0.25) is 9.78 Å². The summed E-state index contributed by atoms with van der Waals surface area (Å²) in [6.07, 6.45) is 3.71. The normalized spacial score (nSPS) is 11.1. The number of pyridine rings is 1. The monoisotopic (exact) mass is 302 g/mol. The fraction of sp³-hybridized carbons (Fsp3) is 0.0526. The van der Waals surface area contributed by atoms with Crippen LogP contribution in [0.15, 0.2) is 67.0 Å². The van der Waals surface area contributed by atoms with Gasteiger partial charge in [-0.25, -0.2) is 0 Å². The minimum absolute atomic E-state index is 0.0104. The highest BCUT2D eigenvalue weighted by molar-refractivity contribution is 5.93. The highest BCUT2D eigenvalue weighted by Gasteiger charge is 2.13. The molecule has 0 fully saturated rings. The van der Waals surface area contributed by atoms with E-state index in [0.717, 1.165) is 33.1 Å². The second kappa shape index (κ2) is 5.25. The second-order valence-electron chi connectivity index (χ2n) is 5.46. The lowest BCUT2D eigenvalue weighted by Crippen LogP contribution is -1.99. The lowest BCUT2D eigenvalue weighted by atomic mass is 10.1.